The molecule has 1 fully saturated rings. The minimum Gasteiger partial charge on any atom is -0.330 e. The zero-order valence-electron chi connectivity index (χ0n) is 3.58. The number of rotatable bonds is 1. The zero-order valence-corrected chi connectivity index (χ0v) is 4.52. The van der Waals surface area contributed by atoms with Crippen LogP contribution in [-0.2, 0) is 17.1 Å². The molecule has 0 N–H and O–H groups in total. The van der Waals surface area contributed by atoms with Crippen LogP contribution in [-0.4, -0.2) is 24.5 Å². The molecule has 1 aliphatic heterocycles. The summed E-state index contributed by atoms with van der Waals surface area (Å²) in [4.78, 5) is 2.26. The molecule has 0 aromatic rings. The standard InChI is InChI=1S/C4H8N.Cu/c1-2-5-3-4-5;/h1-4H2;/q-1;+1. The Labute approximate surface area is 49.2 Å². The Balaban J connectivity index is 0.000000250. The topological polar surface area (TPSA) is 3.01 Å². The van der Waals surface area contributed by atoms with Crippen molar-refractivity contribution in [3.05, 3.63) is 6.92 Å². The van der Waals surface area contributed by atoms with Gasteiger partial charge in [-0.1, -0.05) is 0 Å². The van der Waals surface area contributed by atoms with E-state index < -0.39 is 0 Å². The fourth-order valence-electron chi connectivity index (χ4n) is 0.294. The molecule has 1 saturated heterocycles. The Morgan fingerprint density at radius 2 is 2.00 bits per heavy atom. The van der Waals surface area contributed by atoms with Gasteiger partial charge in [0.25, 0.3) is 0 Å². The van der Waals surface area contributed by atoms with Crippen LogP contribution in [0.5, 0.6) is 0 Å². The molecule has 0 spiro atoms. The molecule has 0 radical (unpaired) electrons. The van der Waals surface area contributed by atoms with Gasteiger partial charge in [-0.05, 0) is 0 Å². The third kappa shape index (κ3) is 1.81. The molecule has 2 heteroatoms. The minimum atomic E-state index is 0. The van der Waals surface area contributed by atoms with Crippen LogP contribution in [0.4, 0.5) is 0 Å². The molecule has 1 aliphatic rings. The van der Waals surface area contributed by atoms with Gasteiger partial charge in [0, 0.05) is 13.1 Å². The fourth-order valence-corrected chi connectivity index (χ4v) is 0.294. The molecule has 0 bridgehead atoms. The van der Waals surface area contributed by atoms with E-state index in [2.05, 4.69) is 11.8 Å². The summed E-state index contributed by atoms with van der Waals surface area (Å²) >= 11 is 0. The summed E-state index contributed by atoms with van der Waals surface area (Å²) in [6.07, 6.45) is 0. The monoisotopic (exact) mass is 133 g/mol. The number of hydrogen-bond donors (Lipinski definition) is 0. The molecule has 0 aromatic carbocycles. The van der Waals surface area contributed by atoms with Crippen molar-refractivity contribution in [2.75, 3.05) is 19.6 Å². The molecule has 0 unspecified atom stereocenters. The van der Waals surface area contributed by atoms with E-state index in [1.807, 2.05) is 0 Å². The van der Waals surface area contributed by atoms with E-state index in [0.717, 1.165) is 6.54 Å². The first kappa shape index (κ1) is 6.48. The molecule has 40 valence electrons. The van der Waals surface area contributed by atoms with Gasteiger partial charge in [0.2, 0.25) is 0 Å². The van der Waals surface area contributed by atoms with Crippen molar-refractivity contribution in [1.29, 1.82) is 0 Å². The third-order valence-corrected chi connectivity index (χ3v) is 0.856. The summed E-state index contributed by atoms with van der Waals surface area (Å²) in [6, 6.07) is 0. The zero-order chi connectivity index (χ0) is 3.70. The van der Waals surface area contributed by atoms with Crippen LogP contribution in [0, 0.1) is 6.92 Å². The third-order valence-electron chi connectivity index (χ3n) is 0.856. The van der Waals surface area contributed by atoms with Crippen molar-refractivity contribution in [2.45, 2.75) is 0 Å². The largest absolute Gasteiger partial charge is 1.00 e. The molecular formula is C4H8CuN. The SMILES string of the molecule is [CH2-]CN1CC1.[Cu+]. The van der Waals surface area contributed by atoms with Crippen LogP contribution in [0.15, 0.2) is 0 Å². The van der Waals surface area contributed by atoms with Crippen molar-refractivity contribution in [3.63, 3.8) is 0 Å². The number of nitrogens with zero attached hydrogens (tertiary/aromatic N) is 1. The van der Waals surface area contributed by atoms with Gasteiger partial charge in [-0.15, -0.1) is 6.54 Å². The summed E-state index contributed by atoms with van der Waals surface area (Å²) in [5.74, 6) is 0. The summed E-state index contributed by atoms with van der Waals surface area (Å²) in [5, 5.41) is 0. The second-order valence-corrected chi connectivity index (χ2v) is 1.34. The van der Waals surface area contributed by atoms with Gasteiger partial charge < -0.3 is 11.8 Å². The Kier molecular flexibility index (Phi) is 2.83. The van der Waals surface area contributed by atoms with Gasteiger partial charge in [0.15, 0.2) is 0 Å². The summed E-state index contributed by atoms with van der Waals surface area (Å²) in [6.45, 7) is 7.24. The van der Waals surface area contributed by atoms with Gasteiger partial charge in [-0.3, -0.25) is 0 Å². The van der Waals surface area contributed by atoms with Crippen LogP contribution < -0.4 is 0 Å². The molecular weight excluding hydrogens is 126 g/mol. The Morgan fingerprint density at radius 3 is 2.00 bits per heavy atom. The predicted molar refractivity (Wildman–Crippen MR) is 21.8 cm³/mol. The molecule has 1 heterocycles. The molecule has 0 amide bonds. The smallest absolute Gasteiger partial charge is 0.330 e. The maximum Gasteiger partial charge on any atom is 1.00 e. The van der Waals surface area contributed by atoms with Gasteiger partial charge in [-0.25, -0.2) is 0 Å². The summed E-state index contributed by atoms with van der Waals surface area (Å²) < 4.78 is 0. The van der Waals surface area contributed by atoms with E-state index in [0.29, 0.717) is 0 Å². The predicted octanol–water partition coefficient (Wildman–Crippen LogP) is 0.134. The molecule has 0 aromatic heterocycles. The summed E-state index contributed by atoms with van der Waals surface area (Å²) in [7, 11) is 0. The Morgan fingerprint density at radius 1 is 1.50 bits per heavy atom. The minimum absolute atomic E-state index is 0. The van der Waals surface area contributed by atoms with Gasteiger partial charge >= 0.3 is 17.1 Å². The molecule has 6 heavy (non-hydrogen) atoms. The first-order valence-corrected chi connectivity index (χ1v) is 1.95. The molecule has 1 rings (SSSR count). The van der Waals surface area contributed by atoms with E-state index in [-0.39, 0.29) is 17.1 Å². The van der Waals surface area contributed by atoms with Gasteiger partial charge in [-0.2, -0.15) is 0 Å². The Bertz CT molecular complexity index is 34.5. The normalized spacial score (nSPS) is 19.5. The van der Waals surface area contributed by atoms with Crippen LogP contribution in [0.1, 0.15) is 0 Å². The van der Waals surface area contributed by atoms with Crippen molar-refractivity contribution in [1.82, 2.24) is 4.90 Å². The summed E-state index contributed by atoms with van der Waals surface area (Å²) in [5.41, 5.74) is 0. The van der Waals surface area contributed by atoms with Crippen molar-refractivity contribution in [3.8, 4) is 0 Å². The average Bonchev–Trinajstić information content (AvgIpc) is 2.12. The second kappa shape index (κ2) is 2.62. The van der Waals surface area contributed by atoms with Crippen molar-refractivity contribution < 1.29 is 17.1 Å². The van der Waals surface area contributed by atoms with Gasteiger partial charge in [0.1, 0.15) is 0 Å². The van der Waals surface area contributed by atoms with E-state index in [9.17, 15) is 0 Å². The molecule has 0 atom stereocenters. The maximum atomic E-state index is 3.67. The first-order valence-electron chi connectivity index (χ1n) is 1.95. The molecule has 0 saturated carbocycles. The average molecular weight is 134 g/mol. The number of hydrogen-bond acceptors (Lipinski definition) is 1. The van der Waals surface area contributed by atoms with Crippen LogP contribution in [0.25, 0.3) is 0 Å². The Hall–Kier alpha value is 0.479. The fraction of sp³-hybridized carbons (Fsp3) is 0.750. The van der Waals surface area contributed by atoms with Crippen LogP contribution >= 0.6 is 0 Å². The van der Waals surface area contributed by atoms with Crippen LogP contribution in [0.3, 0.4) is 0 Å². The maximum absolute atomic E-state index is 3.67. The van der Waals surface area contributed by atoms with E-state index >= 15 is 0 Å². The molecule has 0 aliphatic carbocycles. The van der Waals surface area contributed by atoms with Gasteiger partial charge in [0.05, 0.1) is 0 Å². The molecule has 1 nitrogen and oxygen atoms in total. The second-order valence-electron chi connectivity index (χ2n) is 1.34. The van der Waals surface area contributed by atoms with Crippen LogP contribution in [0.2, 0.25) is 0 Å². The van der Waals surface area contributed by atoms with E-state index in [1.165, 1.54) is 13.1 Å². The first-order chi connectivity index (χ1) is 2.43. The van der Waals surface area contributed by atoms with E-state index in [1.54, 1.807) is 0 Å². The van der Waals surface area contributed by atoms with Crippen molar-refractivity contribution >= 4 is 0 Å². The van der Waals surface area contributed by atoms with Crippen molar-refractivity contribution in [2.24, 2.45) is 0 Å². The quantitative estimate of drug-likeness (QED) is 0.279. The van der Waals surface area contributed by atoms with E-state index in [4.69, 9.17) is 0 Å².